The number of likely N-dealkylation sites (N-methyl/N-ethyl adjacent to an activating group) is 1. The fraction of sp³-hybridized carbons (Fsp3) is 0.550. The maximum Gasteiger partial charge on any atom is 0.247 e. The molecule has 12 heteroatoms. The molecular formula is C20H30N4O7S. The van der Waals surface area contributed by atoms with Crippen LogP contribution in [0.4, 0.5) is 0 Å². The van der Waals surface area contributed by atoms with Crippen molar-refractivity contribution in [3.05, 3.63) is 23.8 Å². The van der Waals surface area contributed by atoms with Gasteiger partial charge in [0.25, 0.3) is 0 Å². The normalized spacial score (nSPS) is 19.4. The lowest BCUT2D eigenvalue weighted by molar-refractivity contribution is -0.150. The van der Waals surface area contributed by atoms with Crippen LogP contribution in [0.1, 0.15) is 12.5 Å². The van der Waals surface area contributed by atoms with Crippen LogP contribution in [0.2, 0.25) is 0 Å². The van der Waals surface area contributed by atoms with Crippen molar-refractivity contribution in [2.24, 2.45) is 0 Å². The van der Waals surface area contributed by atoms with Gasteiger partial charge in [0.15, 0.2) is 11.5 Å². The molecule has 3 amide bonds. The summed E-state index contributed by atoms with van der Waals surface area (Å²) in [6, 6.07) is 5.45. The van der Waals surface area contributed by atoms with E-state index in [0.717, 1.165) is 16.1 Å². The fourth-order valence-electron chi connectivity index (χ4n) is 3.29. The maximum absolute atomic E-state index is 12.7. The van der Waals surface area contributed by atoms with Crippen LogP contribution in [0.15, 0.2) is 18.2 Å². The van der Waals surface area contributed by atoms with Gasteiger partial charge in [0.2, 0.25) is 27.7 Å². The van der Waals surface area contributed by atoms with Gasteiger partial charge in [-0.1, -0.05) is 6.07 Å². The number of carbonyl (C=O) groups is 3. The van der Waals surface area contributed by atoms with Gasteiger partial charge in [-0.05, 0) is 31.0 Å². The van der Waals surface area contributed by atoms with Crippen LogP contribution < -0.4 is 20.1 Å². The van der Waals surface area contributed by atoms with Crippen LogP contribution >= 0.6 is 0 Å². The first-order valence-electron chi connectivity index (χ1n) is 9.90. The molecule has 1 aromatic rings. The number of hydrogen-bond acceptors (Lipinski definition) is 7. The third-order valence-electron chi connectivity index (χ3n) is 5.46. The highest BCUT2D eigenvalue weighted by Gasteiger charge is 2.47. The van der Waals surface area contributed by atoms with Crippen molar-refractivity contribution in [2.45, 2.75) is 18.9 Å². The molecule has 1 fully saturated rings. The van der Waals surface area contributed by atoms with Gasteiger partial charge in [-0.15, -0.1) is 0 Å². The van der Waals surface area contributed by atoms with Crippen LogP contribution in [-0.2, 0) is 30.8 Å². The van der Waals surface area contributed by atoms with Gasteiger partial charge in [0.05, 0.1) is 33.6 Å². The van der Waals surface area contributed by atoms with E-state index >= 15 is 0 Å². The molecule has 0 aromatic heterocycles. The van der Waals surface area contributed by atoms with Crippen molar-refractivity contribution >= 4 is 27.7 Å². The van der Waals surface area contributed by atoms with E-state index in [0.29, 0.717) is 24.5 Å². The van der Waals surface area contributed by atoms with Crippen molar-refractivity contribution in [1.29, 1.82) is 0 Å². The largest absolute Gasteiger partial charge is 0.493 e. The molecule has 0 aliphatic carbocycles. The number of rotatable bonds is 9. The average molecular weight is 471 g/mol. The van der Waals surface area contributed by atoms with Crippen molar-refractivity contribution in [2.75, 3.05) is 53.7 Å². The van der Waals surface area contributed by atoms with Crippen molar-refractivity contribution < 1.29 is 32.3 Å². The first-order chi connectivity index (χ1) is 14.9. The molecule has 1 atom stereocenters. The van der Waals surface area contributed by atoms with Crippen molar-refractivity contribution in [1.82, 2.24) is 19.8 Å². The second kappa shape index (κ2) is 10.2. The summed E-state index contributed by atoms with van der Waals surface area (Å²) in [5.41, 5.74) is -0.499. The summed E-state index contributed by atoms with van der Waals surface area (Å²) < 4.78 is 35.1. The van der Waals surface area contributed by atoms with E-state index in [4.69, 9.17) is 9.47 Å². The number of nitrogens with zero attached hydrogens (tertiary/aromatic N) is 2. The van der Waals surface area contributed by atoms with Gasteiger partial charge >= 0.3 is 0 Å². The second-order valence-electron chi connectivity index (χ2n) is 7.73. The first kappa shape index (κ1) is 25.4. The molecule has 1 aromatic carbocycles. The van der Waals surface area contributed by atoms with E-state index in [-0.39, 0.29) is 19.6 Å². The van der Waals surface area contributed by atoms with E-state index < -0.39 is 33.3 Å². The summed E-state index contributed by atoms with van der Waals surface area (Å²) in [5, 5.41) is 5.20. The van der Waals surface area contributed by atoms with Crippen molar-refractivity contribution in [3.63, 3.8) is 0 Å². The highest BCUT2D eigenvalue weighted by molar-refractivity contribution is 7.88. The van der Waals surface area contributed by atoms with E-state index in [2.05, 4.69) is 10.6 Å². The number of piperazine rings is 1. The first-order valence-corrected chi connectivity index (χ1v) is 11.7. The van der Waals surface area contributed by atoms with Crippen LogP contribution in [-0.4, -0.2) is 94.6 Å². The number of nitrogens with one attached hydrogen (secondary N) is 2. The lowest BCUT2D eigenvalue weighted by atomic mass is 9.96. The van der Waals surface area contributed by atoms with Crippen molar-refractivity contribution in [3.8, 4) is 11.5 Å². The zero-order chi connectivity index (χ0) is 24.1. The monoisotopic (exact) mass is 470 g/mol. The SMILES string of the molecule is COc1ccc(CCNC(=O)CNC(=O)C2(C)CN(S(C)(=O)=O)CC(=O)N2C)cc1OC. The molecule has 178 valence electrons. The van der Waals surface area contributed by atoms with E-state index in [9.17, 15) is 22.8 Å². The van der Waals surface area contributed by atoms with Crippen LogP contribution in [0.3, 0.4) is 0 Å². The Bertz CT molecular complexity index is 982. The molecular weight excluding hydrogens is 440 g/mol. The van der Waals surface area contributed by atoms with Gasteiger partial charge in [-0.25, -0.2) is 8.42 Å². The predicted molar refractivity (Wildman–Crippen MR) is 117 cm³/mol. The molecule has 2 rings (SSSR count). The standard InChI is InChI=1S/C20H30N4O7S/c1-20(13-24(32(5,28)29)12-18(26)23(20)2)19(27)22-11-17(25)21-9-8-14-6-7-15(30-3)16(10-14)31-4/h6-7,10H,8-9,11-13H2,1-5H3,(H,21,25)(H,22,27). The minimum absolute atomic E-state index is 0.194. The summed E-state index contributed by atoms with van der Waals surface area (Å²) in [4.78, 5) is 38.3. The number of amides is 3. The van der Waals surface area contributed by atoms with Crippen LogP contribution in [0, 0.1) is 0 Å². The molecule has 1 aliphatic heterocycles. The third-order valence-corrected chi connectivity index (χ3v) is 6.66. The van der Waals surface area contributed by atoms with Crippen LogP contribution in [0.25, 0.3) is 0 Å². The van der Waals surface area contributed by atoms with E-state index in [1.54, 1.807) is 20.3 Å². The van der Waals surface area contributed by atoms with Gasteiger partial charge in [-0.3, -0.25) is 14.4 Å². The molecule has 1 saturated heterocycles. The summed E-state index contributed by atoms with van der Waals surface area (Å²) in [6.45, 7) is 0.977. The summed E-state index contributed by atoms with van der Waals surface area (Å²) >= 11 is 0. The molecule has 32 heavy (non-hydrogen) atoms. The molecule has 0 radical (unpaired) electrons. The molecule has 0 spiro atoms. The summed E-state index contributed by atoms with van der Waals surface area (Å²) in [5.74, 6) is -0.328. The Kier molecular flexibility index (Phi) is 8.07. The Morgan fingerprint density at radius 3 is 2.41 bits per heavy atom. The minimum Gasteiger partial charge on any atom is -0.493 e. The Balaban J connectivity index is 1.89. The van der Waals surface area contributed by atoms with Crippen LogP contribution in [0.5, 0.6) is 11.5 Å². The third kappa shape index (κ3) is 5.88. The fourth-order valence-corrected chi connectivity index (χ4v) is 4.12. The number of benzene rings is 1. The lowest BCUT2D eigenvalue weighted by Crippen LogP contribution is -2.68. The average Bonchev–Trinajstić information content (AvgIpc) is 2.74. The number of ether oxygens (including phenoxy) is 2. The zero-order valence-electron chi connectivity index (χ0n) is 18.9. The molecule has 1 heterocycles. The van der Waals surface area contributed by atoms with Gasteiger partial charge in [0, 0.05) is 20.1 Å². The number of sulfonamides is 1. The van der Waals surface area contributed by atoms with E-state index in [1.165, 1.54) is 18.9 Å². The Labute approximate surface area is 188 Å². The molecule has 1 unspecified atom stereocenters. The molecule has 1 aliphatic rings. The number of carbonyl (C=O) groups excluding carboxylic acids is 3. The highest BCUT2D eigenvalue weighted by atomic mass is 32.2. The number of methoxy groups -OCH3 is 2. The topological polar surface area (TPSA) is 134 Å². The van der Waals surface area contributed by atoms with Gasteiger partial charge in [-0.2, -0.15) is 4.31 Å². The zero-order valence-corrected chi connectivity index (χ0v) is 19.7. The summed E-state index contributed by atoms with van der Waals surface area (Å²) in [6.07, 6.45) is 1.52. The Morgan fingerprint density at radius 1 is 1.16 bits per heavy atom. The maximum atomic E-state index is 12.7. The molecule has 0 bridgehead atoms. The quantitative estimate of drug-likeness (QED) is 0.471. The minimum atomic E-state index is -3.66. The lowest BCUT2D eigenvalue weighted by Gasteiger charge is -2.44. The highest BCUT2D eigenvalue weighted by Crippen LogP contribution is 2.27. The molecule has 0 saturated carbocycles. The molecule has 11 nitrogen and oxygen atoms in total. The smallest absolute Gasteiger partial charge is 0.247 e. The number of hydrogen-bond donors (Lipinski definition) is 2. The Morgan fingerprint density at radius 2 is 1.81 bits per heavy atom. The van der Waals surface area contributed by atoms with E-state index in [1.807, 2.05) is 12.1 Å². The second-order valence-corrected chi connectivity index (χ2v) is 9.71. The van der Waals surface area contributed by atoms with Gasteiger partial charge in [0.1, 0.15) is 5.54 Å². The predicted octanol–water partition coefficient (Wildman–Crippen LogP) is -1.03. The molecule has 2 N–H and O–H groups in total. The summed E-state index contributed by atoms with van der Waals surface area (Å²) in [7, 11) is 0.867. The van der Waals surface area contributed by atoms with Gasteiger partial charge < -0.3 is 25.0 Å². The Hall–Kier alpha value is -2.86.